The molecular formula is C28H37NO3. The third-order valence-corrected chi connectivity index (χ3v) is 9.74. The van der Waals surface area contributed by atoms with Crippen LogP contribution in [0.3, 0.4) is 0 Å². The maximum atomic E-state index is 13.0. The number of hydrogen-bond acceptors (Lipinski definition) is 4. The molecule has 3 saturated carbocycles. The molecule has 6 atom stereocenters. The van der Waals surface area contributed by atoms with Gasteiger partial charge in [0.25, 0.3) is 0 Å². The van der Waals surface area contributed by atoms with Crippen LogP contribution >= 0.6 is 0 Å². The Labute approximate surface area is 192 Å². The van der Waals surface area contributed by atoms with Gasteiger partial charge in [-0.05, 0) is 98.5 Å². The molecule has 0 N–H and O–H groups in total. The van der Waals surface area contributed by atoms with E-state index >= 15 is 0 Å². The van der Waals surface area contributed by atoms with Crippen molar-refractivity contribution in [2.45, 2.75) is 71.3 Å². The second kappa shape index (κ2) is 7.74. The van der Waals surface area contributed by atoms with Gasteiger partial charge in [0.1, 0.15) is 6.10 Å². The van der Waals surface area contributed by atoms with Crippen LogP contribution in [0.25, 0.3) is 0 Å². The second-order valence-corrected chi connectivity index (χ2v) is 11.4. The van der Waals surface area contributed by atoms with E-state index in [-0.39, 0.29) is 22.9 Å². The minimum absolute atomic E-state index is 0.00662. The maximum Gasteiger partial charge on any atom is 0.338 e. The van der Waals surface area contributed by atoms with Crippen molar-refractivity contribution in [1.82, 2.24) is 0 Å². The number of carbonyl (C=O) groups excluding carboxylic acids is 2. The smallest absolute Gasteiger partial charge is 0.338 e. The van der Waals surface area contributed by atoms with Crippen LogP contribution in [-0.2, 0) is 9.53 Å². The quantitative estimate of drug-likeness (QED) is 0.562. The number of fused-ring (bicyclic) bond motifs is 5. The summed E-state index contributed by atoms with van der Waals surface area (Å²) >= 11 is 0. The molecule has 32 heavy (non-hydrogen) atoms. The molecule has 3 fully saturated rings. The lowest BCUT2D eigenvalue weighted by Gasteiger charge is -2.57. The zero-order valence-corrected chi connectivity index (χ0v) is 20.0. The average molecular weight is 436 g/mol. The second-order valence-electron chi connectivity index (χ2n) is 11.4. The normalized spacial score (nSPS) is 38.2. The molecule has 4 aliphatic rings. The topological polar surface area (TPSA) is 46.6 Å². The van der Waals surface area contributed by atoms with Crippen molar-refractivity contribution in [3.8, 4) is 0 Å². The summed E-state index contributed by atoms with van der Waals surface area (Å²) < 4.78 is 6.19. The molecule has 172 valence electrons. The summed E-state index contributed by atoms with van der Waals surface area (Å²) in [5, 5.41) is 0. The predicted octanol–water partition coefficient (Wildman–Crippen LogP) is 5.81. The van der Waals surface area contributed by atoms with Gasteiger partial charge in [-0.1, -0.05) is 19.4 Å². The molecule has 5 rings (SSSR count). The molecule has 0 radical (unpaired) electrons. The lowest BCUT2D eigenvalue weighted by atomic mass is 9.47. The summed E-state index contributed by atoms with van der Waals surface area (Å²) in [5.74, 6) is 2.11. The van der Waals surface area contributed by atoms with Gasteiger partial charge < -0.3 is 9.64 Å². The first-order valence-electron chi connectivity index (χ1n) is 12.4. The summed E-state index contributed by atoms with van der Waals surface area (Å²) in [4.78, 5) is 27.0. The molecule has 1 aromatic carbocycles. The highest BCUT2D eigenvalue weighted by atomic mass is 16.5. The SMILES string of the molecule is CN(C)c1ccc(C(=O)O[C@H]2CC[C@H]3[C@@H]4CCC5=CC(=O)CC[C@]5(C)[C@H]4CC[C@]23C)cc1. The first-order chi connectivity index (χ1) is 15.2. The zero-order chi connectivity index (χ0) is 22.7. The molecule has 0 bridgehead atoms. The van der Waals surface area contributed by atoms with Gasteiger partial charge in [-0.3, -0.25) is 4.79 Å². The number of ether oxygens (including phenoxy) is 1. The van der Waals surface area contributed by atoms with Gasteiger partial charge in [-0.25, -0.2) is 4.79 Å². The van der Waals surface area contributed by atoms with Gasteiger partial charge in [0.2, 0.25) is 0 Å². The molecule has 4 aliphatic carbocycles. The molecule has 0 heterocycles. The molecule has 0 spiro atoms. The number of ketones is 1. The highest BCUT2D eigenvalue weighted by Gasteiger charge is 2.60. The summed E-state index contributed by atoms with van der Waals surface area (Å²) in [6, 6.07) is 7.71. The first-order valence-corrected chi connectivity index (χ1v) is 12.4. The van der Waals surface area contributed by atoms with Crippen LogP contribution in [0, 0.1) is 28.6 Å². The van der Waals surface area contributed by atoms with Crippen molar-refractivity contribution in [3.05, 3.63) is 41.5 Å². The Bertz CT molecular complexity index is 948. The van der Waals surface area contributed by atoms with E-state index in [0.717, 1.165) is 37.8 Å². The molecule has 0 saturated heterocycles. The summed E-state index contributed by atoms with van der Waals surface area (Å²) in [7, 11) is 4.00. The minimum atomic E-state index is -0.184. The number of anilines is 1. The van der Waals surface area contributed by atoms with Crippen molar-refractivity contribution in [1.29, 1.82) is 0 Å². The van der Waals surface area contributed by atoms with E-state index in [0.29, 0.717) is 35.5 Å². The molecule has 0 unspecified atom stereocenters. The molecule has 1 aromatic rings. The van der Waals surface area contributed by atoms with Gasteiger partial charge in [0.05, 0.1) is 5.56 Å². The molecular weight excluding hydrogens is 398 g/mol. The monoisotopic (exact) mass is 435 g/mol. The van der Waals surface area contributed by atoms with Crippen molar-refractivity contribution >= 4 is 17.4 Å². The number of benzene rings is 1. The number of carbonyl (C=O) groups is 2. The van der Waals surface area contributed by atoms with Crippen LogP contribution < -0.4 is 4.90 Å². The van der Waals surface area contributed by atoms with Gasteiger partial charge in [-0.2, -0.15) is 0 Å². The van der Waals surface area contributed by atoms with Crippen molar-refractivity contribution in [2.24, 2.45) is 28.6 Å². The number of hydrogen-bond donors (Lipinski definition) is 0. The van der Waals surface area contributed by atoms with E-state index in [9.17, 15) is 9.59 Å². The molecule has 0 aliphatic heterocycles. The van der Waals surface area contributed by atoms with Gasteiger partial charge in [-0.15, -0.1) is 0 Å². The highest BCUT2D eigenvalue weighted by Crippen LogP contribution is 2.65. The third-order valence-electron chi connectivity index (χ3n) is 9.74. The van der Waals surface area contributed by atoms with Crippen molar-refractivity contribution in [3.63, 3.8) is 0 Å². The van der Waals surface area contributed by atoms with Gasteiger partial charge in [0.15, 0.2) is 5.78 Å². The molecule has 4 heteroatoms. The molecule has 0 aromatic heterocycles. The maximum absolute atomic E-state index is 13.0. The Morgan fingerprint density at radius 1 is 0.969 bits per heavy atom. The zero-order valence-electron chi connectivity index (χ0n) is 20.0. The fraction of sp³-hybridized carbons (Fsp3) is 0.643. The van der Waals surface area contributed by atoms with Crippen LogP contribution in [0.15, 0.2) is 35.9 Å². The van der Waals surface area contributed by atoms with Gasteiger partial charge in [0, 0.05) is 31.6 Å². The van der Waals surface area contributed by atoms with E-state index in [1.54, 1.807) is 0 Å². The van der Waals surface area contributed by atoms with Crippen LogP contribution in [0.4, 0.5) is 5.69 Å². The fourth-order valence-electron chi connectivity index (χ4n) is 7.80. The lowest BCUT2D eigenvalue weighted by Crippen LogP contribution is -2.51. The van der Waals surface area contributed by atoms with Crippen LogP contribution in [0.5, 0.6) is 0 Å². The Morgan fingerprint density at radius 2 is 1.72 bits per heavy atom. The number of esters is 1. The lowest BCUT2D eigenvalue weighted by molar-refractivity contribution is -0.118. The Hall–Kier alpha value is -2.10. The predicted molar refractivity (Wildman–Crippen MR) is 127 cm³/mol. The van der Waals surface area contributed by atoms with E-state index in [1.165, 1.54) is 18.4 Å². The third kappa shape index (κ3) is 3.33. The van der Waals surface area contributed by atoms with E-state index in [1.807, 2.05) is 49.3 Å². The fourth-order valence-corrected chi connectivity index (χ4v) is 7.80. The van der Waals surface area contributed by atoms with Crippen LogP contribution in [0.1, 0.15) is 75.6 Å². The number of rotatable bonds is 3. The van der Waals surface area contributed by atoms with E-state index < -0.39 is 0 Å². The van der Waals surface area contributed by atoms with E-state index in [2.05, 4.69) is 13.8 Å². The summed E-state index contributed by atoms with van der Waals surface area (Å²) in [6.07, 6.45) is 10.4. The highest BCUT2D eigenvalue weighted by molar-refractivity contribution is 5.91. The Morgan fingerprint density at radius 3 is 2.44 bits per heavy atom. The van der Waals surface area contributed by atoms with Crippen LogP contribution in [0.2, 0.25) is 0 Å². The summed E-state index contributed by atoms with van der Waals surface area (Å²) in [5.41, 5.74) is 3.41. The largest absolute Gasteiger partial charge is 0.458 e. The standard InChI is InChI=1S/C28H37NO3/c1-27-15-13-21(30)17-19(27)7-10-22-23-11-12-25(28(23,2)16-14-24(22)27)32-26(31)18-5-8-20(9-6-18)29(3)4/h5-6,8-9,17,22-25H,7,10-16H2,1-4H3/t22-,23-,24-,25-,27-,28-/m0/s1. The first kappa shape index (κ1) is 21.7. The van der Waals surface area contributed by atoms with E-state index in [4.69, 9.17) is 4.74 Å². The van der Waals surface area contributed by atoms with Crippen molar-refractivity contribution in [2.75, 3.05) is 19.0 Å². The molecule has 4 nitrogen and oxygen atoms in total. The number of allylic oxidation sites excluding steroid dienone is 1. The van der Waals surface area contributed by atoms with Crippen LogP contribution in [-0.4, -0.2) is 32.0 Å². The van der Waals surface area contributed by atoms with Gasteiger partial charge >= 0.3 is 5.97 Å². The minimum Gasteiger partial charge on any atom is -0.458 e. The average Bonchev–Trinajstić information content (AvgIpc) is 3.10. The molecule has 0 amide bonds. The summed E-state index contributed by atoms with van der Waals surface area (Å²) in [6.45, 7) is 4.81. The Balaban J connectivity index is 1.32. The number of nitrogens with zero attached hydrogens (tertiary/aromatic N) is 1. The Kier molecular flexibility index (Phi) is 5.26. The van der Waals surface area contributed by atoms with Crippen molar-refractivity contribution < 1.29 is 14.3 Å².